The number of rotatable bonds is 5. The van der Waals surface area contributed by atoms with Crippen LogP contribution >= 0.6 is 0 Å². The fraction of sp³-hybridized carbons (Fsp3) is 0.154. The average Bonchev–Trinajstić information content (AvgIpc) is 3.31. The molecule has 0 unspecified atom stereocenters. The zero-order valence-electron chi connectivity index (χ0n) is 17.3. The largest absolute Gasteiger partial charge is 0.454 e. The number of benzene rings is 3. The van der Waals surface area contributed by atoms with Gasteiger partial charge in [0.1, 0.15) is 5.82 Å². The van der Waals surface area contributed by atoms with Crippen molar-refractivity contribution in [3.8, 4) is 11.1 Å². The minimum absolute atomic E-state index is 0.0865. The maximum absolute atomic E-state index is 12.6. The van der Waals surface area contributed by atoms with Crippen molar-refractivity contribution in [2.45, 2.75) is 19.4 Å². The summed E-state index contributed by atoms with van der Waals surface area (Å²) in [7, 11) is 0. The molecular weight excluding hydrogens is 404 g/mol. The van der Waals surface area contributed by atoms with Crippen molar-refractivity contribution in [1.29, 1.82) is 0 Å². The molecule has 6 heteroatoms. The second-order valence-electron chi connectivity index (χ2n) is 7.76. The van der Waals surface area contributed by atoms with Crippen molar-refractivity contribution in [1.82, 2.24) is 9.55 Å². The monoisotopic (exact) mass is 424 g/mol. The van der Waals surface area contributed by atoms with Gasteiger partial charge in [0, 0.05) is 18.5 Å². The van der Waals surface area contributed by atoms with Crippen LogP contribution < -0.4 is 5.56 Å². The number of carbonyl (C=O) groups excluding carboxylic acids is 2. The van der Waals surface area contributed by atoms with Gasteiger partial charge in [0.05, 0.1) is 16.5 Å². The van der Waals surface area contributed by atoms with Gasteiger partial charge in [0.25, 0.3) is 5.56 Å². The number of ether oxygens (including phenoxy) is 1. The first kappa shape index (κ1) is 19.9. The fourth-order valence-corrected chi connectivity index (χ4v) is 3.99. The quantitative estimate of drug-likeness (QED) is 0.357. The molecule has 0 aliphatic carbocycles. The number of aryl methyl sites for hydroxylation is 1. The molecule has 0 atom stereocenters. The molecule has 0 radical (unpaired) electrons. The van der Waals surface area contributed by atoms with Crippen molar-refractivity contribution in [3.05, 3.63) is 100 Å². The van der Waals surface area contributed by atoms with E-state index in [1.54, 1.807) is 28.8 Å². The van der Waals surface area contributed by atoms with Crippen molar-refractivity contribution >= 4 is 22.7 Å². The van der Waals surface area contributed by atoms with Gasteiger partial charge in [-0.3, -0.25) is 14.2 Å². The number of esters is 1. The molecule has 0 amide bonds. The lowest BCUT2D eigenvalue weighted by Gasteiger charge is -2.08. The highest BCUT2D eigenvalue weighted by Gasteiger charge is 2.18. The Morgan fingerprint density at radius 2 is 1.62 bits per heavy atom. The molecule has 0 bridgehead atoms. The van der Waals surface area contributed by atoms with Crippen LogP contribution in [0.5, 0.6) is 0 Å². The number of Topliss-reactive ketones (excluding diaryl/α,β-unsaturated/α-hetero) is 1. The molecule has 1 aliphatic rings. The van der Waals surface area contributed by atoms with E-state index < -0.39 is 5.97 Å². The third kappa shape index (κ3) is 3.71. The summed E-state index contributed by atoms with van der Waals surface area (Å²) in [6.45, 7) is 0.317. The standard InChI is InChI=1S/C26H20N2O4/c29-23(19-10-8-18(9-11-19)17-5-2-1-3-6-17)16-32-26(31)20-12-13-21-22(15-20)27-24-7-4-14-28(24)25(21)30/h1-3,5-6,8-13,15H,4,7,14,16H2. The van der Waals surface area contributed by atoms with Crippen molar-refractivity contribution in [3.63, 3.8) is 0 Å². The highest BCUT2D eigenvalue weighted by molar-refractivity contribution is 6.00. The van der Waals surface area contributed by atoms with Crippen LogP contribution in [0, 0.1) is 0 Å². The lowest BCUT2D eigenvalue weighted by Crippen LogP contribution is -2.21. The van der Waals surface area contributed by atoms with Crippen molar-refractivity contribution < 1.29 is 14.3 Å². The summed E-state index contributed by atoms with van der Waals surface area (Å²) >= 11 is 0. The maximum atomic E-state index is 12.6. The number of carbonyl (C=O) groups is 2. The molecule has 0 fully saturated rings. The second kappa shape index (κ2) is 8.23. The van der Waals surface area contributed by atoms with E-state index in [0.717, 1.165) is 29.8 Å². The SMILES string of the molecule is O=C(COC(=O)c1ccc2c(=O)n3c(nc2c1)CCC3)c1ccc(-c2ccccc2)cc1. The van der Waals surface area contributed by atoms with Gasteiger partial charge >= 0.3 is 5.97 Å². The Hall–Kier alpha value is -4.06. The van der Waals surface area contributed by atoms with Gasteiger partial charge in [-0.2, -0.15) is 0 Å². The molecule has 1 aromatic heterocycles. The van der Waals surface area contributed by atoms with Crippen LogP contribution in [0.15, 0.2) is 77.6 Å². The van der Waals surface area contributed by atoms with Gasteiger partial charge in [0.15, 0.2) is 12.4 Å². The Labute approximate surface area is 184 Å². The molecule has 0 saturated carbocycles. The average molecular weight is 424 g/mol. The van der Waals surface area contributed by atoms with Gasteiger partial charge in [-0.15, -0.1) is 0 Å². The van der Waals surface area contributed by atoms with E-state index in [1.807, 2.05) is 42.5 Å². The van der Waals surface area contributed by atoms with Crippen LogP contribution in [0.25, 0.3) is 22.0 Å². The Balaban J connectivity index is 1.28. The highest BCUT2D eigenvalue weighted by Crippen LogP contribution is 2.20. The predicted octanol–water partition coefficient (Wildman–Crippen LogP) is 4.05. The summed E-state index contributed by atoms with van der Waals surface area (Å²) in [6, 6.07) is 21.8. The van der Waals surface area contributed by atoms with E-state index in [9.17, 15) is 14.4 Å². The molecule has 2 heterocycles. The van der Waals surface area contributed by atoms with Gasteiger partial charge in [-0.25, -0.2) is 9.78 Å². The topological polar surface area (TPSA) is 78.3 Å². The first-order valence-corrected chi connectivity index (χ1v) is 10.5. The Bertz CT molecular complexity index is 1390. The molecule has 4 aromatic rings. The van der Waals surface area contributed by atoms with E-state index in [2.05, 4.69) is 4.98 Å². The second-order valence-corrected chi connectivity index (χ2v) is 7.76. The zero-order valence-corrected chi connectivity index (χ0v) is 17.3. The van der Waals surface area contributed by atoms with Crippen molar-refractivity contribution in [2.24, 2.45) is 0 Å². The van der Waals surface area contributed by atoms with Crippen LogP contribution in [-0.4, -0.2) is 27.9 Å². The third-order valence-corrected chi connectivity index (χ3v) is 5.70. The summed E-state index contributed by atoms with van der Waals surface area (Å²) < 4.78 is 6.91. The number of aromatic nitrogens is 2. The Morgan fingerprint density at radius 3 is 2.41 bits per heavy atom. The summed E-state index contributed by atoms with van der Waals surface area (Å²) in [4.78, 5) is 42.0. The number of hydrogen-bond acceptors (Lipinski definition) is 5. The van der Waals surface area contributed by atoms with Crippen LogP contribution in [0.4, 0.5) is 0 Å². The first-order chi connectivity index (χ1) is 15.6. The lowest BCUT2D eigenvalue weighted by atomic mass is 10.0. The van der Waals surface area contributed by atoms with E-state index in [4.69, 9.17) is 4.74 Å². The van der Waals surface area contributed by atoms with Crippen molar-refractivity contribution in [2.75, 3.05) is 6.61 Å². The fourth-order valence-electron chi connectivity index (χ4n) is 3.99. The number of nitrogens with zero attached hydrogens (tertiary/aromatic N) is 2. The van der Waals surface area contributed by atoms with Crippen LogP contribution in [0.3, 0.4) is 0 Å². The normalized spacial score (nSPS) is 12.5. The number of hydrogen-bond donors (Lipinski definition) is 0. The maximum Gasteiger partial charge on any atom is 0.338 e. The van der Waals surface area contributed by atoms with Gasteiger partial charge < -0.3 is 4.74 Å². The first-order valence-electron chi connectivity index (χ1n) is 10.5. The van der Waals surface area contributed by atoms with Crippen LogP contribution in [-0.2, 0) is 17.7 Å². The summed E-state index contributed by atoms with van der Waals surface area (Å²) in [5, 5.41) is 0.474. The molecular formula is C26H20N2O4. The Morgan fingerprint density at radius 1 is 0.906 bits per heavy atom. The molecule has 158 valence electrons. The minimum atomic E-state index is -0.622. The Kier molecular flexibility index (Phi) is 5.11. The summed E-state index contributed by atoms with van der Waals surface area (Å²) in [5.41, 5.74) is 3.19. The predicted molar refractivity (Wildman–Crippen MR) is 121 cm³/mol. The smallest absolute Gasteiger partial charge is 0.338 e. The summed E-state index contributed by atoms with van der Waals surface area (Å²) in [6.07, 6.45) is 1.64. The number of fused-ring (bicyclic) bond motifs is 2. The summed E-state index contributed by atoms with van der Waals surface area (Å²) in [5.74, 6) is -0.168. The van der Waals surface area contributed by atoms with Gasteiger partial charge in [0.2, 0.25) is 0 Å². The third-order valence-electron chi connectivity index (χ3n) is 5.70. The highest BCUT2D eigenvalue weighted by atomic mass is 16.5. The van der Waals surface area contributed by atoms with Crippen LogP contribution in [0.1, 0.15) is 33.0 Å². The molecule has 0 saturated heterocycles. The zero-order chi connectivity index (χ0) is 22.1. The molecule has 1 aliphatic heterocycles. The van der Waals surface area contributed by atoms with Crippen LogP contribution in [0.2, 0.25) is 0 Å². The lowest BCUT2D eigenvalue weighted by molar-refractivity contribution is 0.0475. The number of ketones is 1. The molecule has 0 spiro atoms. The molecule has 0 N–H and O–H groups in total. The molecule has 6 nitrogen and oxygen atoms in total. The molecule has 3 aromatic carbocycles. The van der Waals surface area contributed by atoms with Gasteiger partial charge in [-0.1, -0.05) is 54.6 Å². The minimum Gasteiger partial charge on any atom is -0.454 e. The van der Waals surface area contributed by atoms with Gasteiger partial charge in [-0.05, 0) is 35.7 Å². The molecule has 5 rings (SSSR count). The molecule has 32 heavy (non-hydrogen) atoms. The van der Waals surface area contributed by atoms with E-state index in [-0.39, 0.29) is 23.5 Å². The van der Waals surface area contributed by atoms with E-state index >= 15 is 0 Å². The van der Waals surface area contributed by atoms with E-state index in [1.165, 1.54) is 6.07 Å². The van der Waals surface area contributed by atoms with E-state index in [0.29, 0.717) is 23.0 Å².